The van der Waals surface area contributed by atoms with Gasteiger partial charge in [-0.05, 0) is 70.8 Å². The molecule has 1 atom stereocenters. The van der Waals surface area contributed by atoms with Crippen LogP contribution in [0.1, 0.15) is 34.1 Å². The van der Waals surface area contributed by atoms with Crippen molar-refractivity contribution in [3.8, 4) is 17.2 Å². The third-order valence-corrected chi connectivity index (χ3v) is 8.67. The van der Waals surface area contributed by atoms with Crippen molar-refractivity contribution in [2.75, 3.05) is 32.7 Å². The molecular weight excluding hydrogens is 591 g/mol. The highest BCUT2D eigenvalue weighted by Crippen LogP contribution is 2.35. The molecule has 0 amide bonds. The van der Waals surface area contributed by atoms with E-state index in [1.807, 2.05) is 28.9 Å². The molecule has 1 aliphatic heterocycles. The van der Waals surface area contributed by atoms with Crippen LogP contribution in [0.3, 0.4) is 0 Å². The van der Waals surface area contributed by atoms with Gasteiger partial charge in [0, 0.05) is 38.8 Å². The number of aryl methyl sites for hydroxylation is 2. The molecule has 1 aromatic heterocycles. The van der Waals surface area contributed by atoms with E-state index in [9.17, 15) is 0 Å². The Hall–Kier alpha value is -4.01. The summed E-state index contributed by atoms with van der Waals surface area (Å²) >= 11 is 12.4. The molecule has 0 bridgehead atoms. The van der Waals surface area contributed by atoms with Gasteiger partial charge in [0.15, 0.2) is 5.82 Å². The number of tetrazole rings is 1. The van der Waals surface area contributed by atoms with Crippen molar-refractivity contribution in [1.82, 2.24) is 30.0 Å². The Morgan fingerprint density at radius 2 is 1.52 bits per heavy atom. The van der Waals surface area contributed by atoms with E-state index in [1.165, 1.54) is 5.56 Å². The van der Waals surface area contributed by atoms with E-state index in [1.54, 1.807) is 12.1 Å². The van der Waals surface area contributed by atoms with Crippen LogP contribution < -0.4 is 4.74 Å². The lowest BCUT2D eigenvalue weighted by molar-refractivity contribution is 0.113. The average Bonchev–Trinajstić information content (AvgIpc) is 3.49. The molecule has 0 spiro atoms. The van der Waals surface area contributed by atoms with Crippen molar-refractivity contribution in [3.63, 3.8) is 0 Å². The van der Waals surface area contributed by atoms with Gasteiger partial charge in [-0.15, -0.1) is 5.10 Å². The van der Waals surface area contributed by atoms with E-state index in [2.05, 4.69) is 106 Å². The highest BCUT2D eigenvalue weighted by molar-refractivity contribution is 6.42. The highest BCUT2D eigenvalue weighted by Gasteiger charge is 2.31. The van der Waals surface area contributed by atoms with Gasteiger partial charge in [0.1, 0.15) is 11.5 Å². The maximum atomic E-state index is 6.25. The van der Waals surface area contributed by atoms with Gasteiger partial charge in [-0.25, -0.2) is 0 Å². The number of piperazine rings is 1. The number of nitrogens with zero attached hydrogens (tertiary/aromatic N) is 6. The lowest BCUT2D eigenvalue weighted by Gasteiger charge is -2.38. The minimum absolute atomic E-state index is 0.191. The first-order chi connectivity index (χ1) is 21.5. The summed E-state index contributed by atoms with van der Waals surface area (Å²) in [4.78, 5) is 4.94. The van der Waals surface area contributed by atoms with Crippen molar-refractivity contribution in [1.29, 1.82) is 0 Å². The molecule has 4 aromatic carbocycles. The molecule has 0 radical (unpaired) electrons. The summed E-state index contributed by atoms with van der Waals surface area (Å²) in [5, 5.41) is 14.2. The Morgan fingerprint density at radius 1 is 0.795 bits per heavy atom. The topological polar surface area (TPSA) is 59.3 Å². The van der Waals surface area contributed by atoms with E-state index >= 15 is 0 Å². The predicted octanol–water partition coefficient (Wildman–Crippen LogP) is 7.80. The second-order valence-electron chi connectivity index (χ2n) is 11.0. The molecule has 1 saturated heterocycles. The summed E-state index contributed by atoms with van der Waals surface area (Å²) in [7, 11) is 0. The number of aromatic nitrogens is 4. The average molecular weight is 626 g/mol. The molecule has 0 aliphatic carbocycles. The standard InChI is InChI=1S/C35H34Cl2N6O/c1-25-9-6-10-26(2)33(25)43-35(38-39-40-43)34(28-14-7-15-29(23-28)44-30-16-17-31(36)32(37)24-30)42-21-19-41(20-22-42)18-8-13-27-11-4-3-5-12-27/h3-17,23-24,34H,18-22H2,1-2H3/b13-8+/t34-/m0/s1. The zero-order valence-electron chi connectivity index (χ0n) is 24.8. The van der Waals surface area contributed by atoms with Crippen molar-refractivity contribution >= 4 is 29.3 Å². The van der Waals surface area contributed by atoms with Crippen molar-refractivity contribution in [2.45, 2.75) is 19.9 Å². The van der Waals surface area contributed by atoms with Gasteiger partial charge in [0.2, 0.25) is 0 Å². The molecule has 6 rings (SSSR count). The molecule has 0 saturated carbocycles. The molecule has 1 fully saturated rings. The third-order valence-electron chi connectivity index (χ3n) is 7.94. The van der Waals surface area contributed by atoms with Gasteiger partial charge < -0.3 is 4.74 Å². The van der Waals surface area contributed by atoms with Gasteiger partial charge in [-0.1, -0.05) is 96.0 Å². The maximum absolute atomic E-state index is 6.25. The van der Waals surface area contributed by atoms with Crippen LogP contribution in [0, 0.1) is 13.8 Å². The second kappa shape index (κ2) is 13.7. The molecule has 44 heavy (non-hydrogen) atoms. The van der Waals surface area contributed by atoms with E-state index in [-0.39, 0.29) is 6.04 Å². The molecule has 9 heteroatoms. The molecular formula is C35H34Cl2N6O. The fourth-order valence-corrected chi connectivity index (χ4v) is 6.01. The first-order valence-electron chi connectivity index (χ1n) is 14.7. The minimum Gasteiger partial charge on any atom is -0.457 e. The summed E-state index contributed by atoms with van der Waals surface area (Å²) in [6, 6.07) is 29.9. The fourth-order valence-electron chi connectivity index (χ4n) is 5.72. The normalized spacial score (nSPS) is 15.1. The third kappa shape index (κ3) is 6.87. The van der Waals surface area contributed by atoms with Gasteiger partial charge in [-0.2, -0.15) is 4.68 Å². The zero-order valence-corrected chi connectivity index (χ0v) is 26.3. The van der Waals surface area contributed by atoms with Crippen LogP contribution in [0.25, 0.3) is 11.8 Å². The van der Waals surface area contributed by atoms with E-state index in [4.69, 9.17) is 27.9 Å². The molecule has 224 valence electrons. The lowest BCUT2D eigenvalue weighted by atomic mass is 10.0. The van der Waals surface area contributed by atoms with Crippen LogP contribution in [-0.4, -0.2) is 62.7 Å². The molecule has 0 unspecified atom stereocenters. The van der Waals surface area contributed by atoms with Crippen molar-refractivity contribution in [2.24, 2.45) is 0 Å². The van der Waals surface area contributed by atoms with Gasteiger partial charge in [-0.3, -0.25) is 9.80 Å². The summed E-state index contributed by atoms with van der Waals surface area (Å²) in [5.41, 5.74) is 5.49. The highest BCUT2D eigenvalue weighted by atomic mass is 35.5. The van der Waals surface area contributed by atoms with Crippen LogP contribution in [0.5, 0.6) is 11.5 Å². The Kier molecular flexibility index (Phi) is 9.38. The Morgan fingerprint density at radius 3 is 2.27 bits per heavy atom. The largest absolute Gasteiger partial charge is 0.457 e. The zero-order chi connectivity index (χ0) is 30.5. The smallest absolute Gasteiger partial charge is 0.178 e. The van der Waals surface area contributed by atoms with Gasteiger partial charge >= 0.3 is 0 Å². The van der Waals surface area contributed by atoms with Crippen molar-refractivity contribution in [3.05, 3.63) is 135 Å². The number of ether oxygens (including phenoxy) is 1. The quantitative estimate of drug-likeness (QED) is 0.167. The lowest BCUT2D eigenvalue weighted by Crippen LogP contribution is -2.48. The number of para-hydroxylation sites is 1. The molecule has 5 aromatic rings. The molecule has 2 heterocycles. The first-order valence-corrected chi connectivity index (χ1v) is 15.5. The van der Waals surface area contributed by atoms with Crippen molar-refractivity contribution < 1.29 is 4.74 Å². The first kappa shape index (κ1) is 30.0. The minimum atomic E-state index is -0.191. The van der Waals surface area contributed by atoms with Crippen LogP contribution in [-0.2, 0) is 0 Å². The van der Waals surface area contributed by atoms with Crippen LogP contribution in [0.15, 0.2) is 97.1 Å². The van der Waals surface area contributed by atoms with Crippen LogP contribution in [0.4, 0.5) is 0 Å². The Balaban J connectivity index is 1.29. The summed E-state index contributed by atoms with van der Waals surface area (Å²) in [6.45, 7) is 8.68. The van der Waals surface area contributed by atoms with Crippen LogP contribution >= 0.6 is 23.2 Å². The summed E-state index contributed by atoms with van der Waals surface area (Å²) < 4.78 is 8.12. The maximum Gasteiger partial charge on any atom is 0.178 e. The Labute approximate surface area is 268 Å². The molecule has 1 aliphatic rings. The SMILES string of the molecule is Cc1cccc(C)c1-n1nnnc1[C@H](c1cccc(Oc2ccc(Cl)c(Cl)c2)c1)N1CCN(C/C=C/c2ccccc2)CC1. The number of benzene rings is 4. The monoisotopic (exact) mass is 624 g/mol. The summed E-state index contributed by atoms with van der Waals surface area (Å²) in [5.74, 6) is 2.08. The molecule has 0 N–H and O–H groups in total. The second-order valence-corrected chi connectivity index (χ2v) is 11.8. The van der Waals surface area contributed by atoms with E-state index < -0.39 is 0 Å². The predicted molar refractivity (Wildman–Crippen MR) is 177 cm³/mol. The number of hydrogen-bond donors (Lipinski definition) is 0. The van der Waals surface area contributed by atoms with E-state index in [0.29, 0.717) is 21.5 Å². The van der Waals surface area contributed by atoms with Gasteiger partial charge in [0.25, 0.3) is 0 Å². The fraction of sp³-hybridized carbons (Fsp3) is 0.229. The molecule has 7 nitrogen and oxygen atoms in total. The number of halogens is 2. The summed E-state index contributed by atoms with van der Waals surface area (Å²) in [6.07, 6.45) is 4.43. The Bertz CT molecular complexity index is 1730. The number of hydrogen-bond acceptors (Lipinski definition) is 6. The van der Waals surface area contributed by atoms with E-state index in [0.717, 1.165) is 60.9 Å². The van der Waals surface area contributed by atoms with Gasteiger partial charge in [0.05, 0.1) is 21.8 Å². The van der Waals surface area contributed by atoms with Crippen LogP contribution in [0.2, 0.25) is 10.0 Å². The number of rotatable bonds is 9.